The van der Waals surface area contributed by atoms with Gasteiger partial charge >= 0.3 is 0 Å². The quantitative estimate of drug-likeness (QED) is 0.567. The Labute approximate surface area is 187 Å². The second-order valence-corrected chi connectivity index (χ2v) is 7.88. The van der Waals surface area contributed by atoms with Crippen LogP contribution in [0.5, 0.6) is 0 Å². The van der Waals surface area contributed by atoms with Gasteiger partial charge in [-0.2, -0.15) is 0 Å². The van der Waals surface area contributed by atoms with E-state index in [2.05, 4.69) is 28.4 Å². The molecule has 1 aliphatic rings. The van der Waals surface area contributed by atoms with Gasteiger partial charge in [0.05, 0.1) is 0 Å². The fourth-order valence-electron chi connectivity index (χ4n) is 4.07. The van der Waals surface area contributed by atoms with Crippen LogP contribution in [0, 0.1) is 0 Å². The molecular formula is C26H25N3O3. The van der Waals surface area contributed by atoms with E-state index in [1.165, 1.54) is 11.3 Å². The molecular weight excluding hydrogens is 402 g/mol. The molecule has 3 aromatic carbocycles. The summed E-state index contributed by atoms with van der Waals surface area (Å²) >= 11 is 0. The Morgan fingerprint density at radius 1 is 0.906 bits per heavy atom. The minimum Gasteiger partial charge on any atom is -0.363 e. The molecule has 3 aromatic rings. The molecule has 4 rings (SSSR count). The molecule has 2 amide bonds. The summed E-state index contributed by atoms with van der Waals surface area (Å²) in [4.78, 5) is 38.9. The van der Waals surface area contributed by atoms with Gasteiger partial charge in [0.25, 0.3) is 11.8 Å². The third-order valence-corrected chi connectivity index (χ3v) is 5.70. The second kappa shape index (κ2) is 9.47. The Hall–Kier alpha value is -3.93. The number of para-hydroxylation sites is 1. The minimum atomic E-state index is -1.06. The number of carbonyl (C=O) groups excluding carboxylic acids is 3. The van der Waals surface area contributed by atoms with E-state index in [1.807, 2.05) is 48.5 Å². The summed E-state index contributed by atoms with van der Waals surface area (Å²) in [6, 6.07) is 23.8. The van der Waals surface area contributed by atoms with Crippen LogP contribution in [0.1, 0.15) is 27.9 Å². The summed E-state index contributed by atoms with van der Waals surface area (Å²) in [5, 5.41) is 2.67. The zero-order valence-corrected chi connectivity index (χ0v) is 17.7. The fourth-order valence-corrected chi connectivity index (χ4v) is 4.07. The van der Waals surface area contributed by atoms with E-state index in [0.29, 0.717) is 5.56 Å². The molecule has 1 unspecified atom stereocenters. The number of anilines is 2. The lowest BCUT2D eigenvalue weighted by Crippen LogP contribution is -2.47. The summed E-state index contributed by atoms with van der Waals surface area (Å²) in [7, 11) is 0. The monoisotopic (exact) mass is 427 g/mol. The van der Waals surface area contributed by atoms with Crippen molar-refractivity contribution >= 4 is 29.0 Å². The Kier molecular flexibility index (Phi) is 6.31. The van der Waals surface area contributed by atoms with Crippen molar-refractivity contribution in [3.05, 3.63) is 95.6 Å². The maximum Gasteiger partial charge on any atom is 0.287 e. The molecule has 0 radical (unpaired) electrons. The summed E-state index contributed by atoms with van der Waals surface area (Å²) in [6.45, 7) is 0.912. The highest BCUT2D eigenvalue weighted by atomic mass is 16.2. The average molecular weight is 428 g/mol. The Bertz CT molecular complexity index is 1130. The Balaban J connectivity index is 1.50. The van der Waals surface area contributed by atoms with Crippen LogP contribution >= 0.6 is 0 Å². The van der Waals surface area contributed by atoms with Gasteiger partial charge in [0.15, 0.2) is 0 Å². The number of fused-ring (bicyclic) bond motifs is 1. The van der Waals surface area contributed by atoms with Crippen LogP contribution < -0.4 is 16.0 Å². The molecule has 6 nitrogen and oxygen atoms in total. The number of hydrogen-bond acceptors (Lipinski definition) is 4. The molecule has 1 atom stereocenters. The van der Waals surface area contributed by atoms with Gasteiger partial charge < -0.3 is 16.0 Å². The number of Topliss-reactive ketones (excluding diaryl/α,β-unsaturated/α-hetero) is 1. The van der Waals surface area contributed by atoms with Gasteiger partial charge in [-0.05, 0) is 54.3 Å². The van der Waals surface area contributed by atoms with Gasteiger partial charge in [-0.3, -0.25) is 14.4 Å². The number of primary amides is 1. The van der Waals surface area contributed by atoms with Crippen LogP contribution in [-0.2, 0) is 22.4 Å². The number of ketones is 1. The number of hydrogen-bond donors (Lipinski definition) is 2. The Morgan fingerprint density at radius 2 is 1.59 bits per heavy atom. The molecule has 3 N–H and O–H groups in total. The van der Waals surface area contributed by atoms with Crippen LogP contribution in [0.2, 0.25) is 0 Å². The lowest BCUT2D eigenvalue weighted by atomic mass is 10.0. The number of rotatable bonds is 7. The summed E-state index contributed by atoms with van der Waals surface area (Å²) in [5.41, 5.74) is 9.94. The third-order valence-electron chi connectivity index (χ3n) is 5.70. The van der Waals surface area contributed by atoms with Crippen LogP contribution in [0.15, 0.2) is 78.9 Å². The molecule has 162 valence electrons. The first-order valence-electron chi connectivity index (χ1n) is 10.7. The molecule has 0 saturated carbocycles. The molecule has 1 heterocycles. The van der Waals surface area contributed by atoms with Gasteiger partial charge in [0, 0.05) is 29.9 Å². The molecule has 0 aliphatic carbocycles. The van der Waals surface area contributed by atoms with Crippen molar-refractivity contribution < 1.29 is 14.4 Å². The number of benzene rings is 3. The van der Waals surface area contributed by atoms with Gasteiger partial charge in [0.2, 0.25) is 5.78 Å². The summed E-state index contributed by atoms with van der Waals surface area (Å²) in [5.74, 6) is -2.31. The van der Waals surface area contributed by atoms with Gasteiger partial charge in [0.1, 0.15) is 6.04 Å². The standard InChI is InChI=1S/C26H25N3O3/c27-25(31)24(30)22(17-18-7-2-1-3-8-18)28-26(32)20-12-14-21(15-13-20)29-16-6-10-19-9-4-5-11-23(19)29/h1-5,7-9,11-15,22H,6,10,16-17H2,(H2,27,31)(H,28,32). The van der Waals surface area contributed by atoms with Gasteiger partial charge in [-0.25, -0.2) is 0 Å². The molecule has 0 aromatic heterocycles. The van der Waals surface area contributed by atoms with Gasteiger partial charge in [-0.1, -0.05) is 48.5 Å². The van der Waals surface area contributed by atoms with Crippen molar-refractivity contribution in [3.63, 3.8) is 0 Å². The zero-order chi connectivity index (χ0) is 22.5. The number of nitrogens with zero attached hydrogens (tertiary/aromatic N) is 1. The van der Waals surface area contributed by atoms with E-state index in [4.69, 9.17) is 5.73 Å². The molecule has 0 bridgehead atoms. The molecule has 1 aliphatic heterocycles. The molecule has 0 fully saturated rings. The van der Waals surface area contributed by atoms with Crippen molar-refractivity contribution in [2.75, 3.05) is 11.4 Å². The highest BCUT2D eigenvalue weighted by molar-refractivity contribution is 6.38. The smallest absolute Gasteiger partial charge is 0.287 e. The number of nitrogens with two attached hydrogens (primary N) is 1. The average Bonchev–Trinajstić information content (AvgIpc) is 2.83. The Morgan fingerprint density at radius 3 is 2.31 bits per heavy atom. The number of amides is 2. The van der Waals surface area contributed by atoms with Crippen LogP contribution in [0.3, 0.4) is 0 Å². The van der Waals surface area contributed by atoms with Crippen molar-refractivity contribution in [3.8, 4) is 0 Å². The lowest BCUT2D eigenvalue weighted by Gasteiger charge is -2.31. The predicted molar refractivity (Wildman–Crippen MR) is 124 cm³/mol. The molecule has 0 spiro atoms. The number of carbonyl (C=O) groups is 3. The first-order valence-corrected chi connectivity index (χ1v) is 10.7. The van der Waals surface area contributed by atoms with E-state index in [0.717, 1.165) is 30.6 Å². The van der Waals surface area contributed by atoms with Crippen molar-refractivity contribution in [1.82, 2.24) is 5.32 Å². The van der Waals surface area contributed by atoms with E-state index in [9.17, 15) is 14.4 Å². The van der Waals surface area contributed by atoms with E-state index in [1.54, 1.807) is 12.1 Å². The highest BCUT2D eigenvalue weighted by Gasteiger charge is 2.26. The highest BCUT2D eigenvalue weighted by Crippen LogP contribution is 2.33. The predicted octanol–water partition coefficient (Wildman–Crippen LogP) is 3.17. The number of nitrogens with one attached hydrogen (secondary N) is 1. The lowest BCUT2D eigenvalue weighted by molar-refractivity contribution is -0.137. The first kappa shape index (κ1) is 21.3. The van der Waals surface area contributed by atoms with E-state index >= 15 is 0 Å². The normalized spacial score (nSPS) is 13.7. The molecule has 0 saturated heterocycles. The van der Waals surface area contributed by atoms with Crippen molar-refractivity contribution in [1.29, 1.82) is 0 Å². The number of aryl methyl sites for hydroxylation is 1. The van der Waals surface area contributed by atoms with E-state index in [-0.39, 0.29) is 6.42 Å². The van der Waals surface area contributed by atoms with Crippen molar-refractivity contribution in [2.24, 2.45) is 5.73 Å². The maximum absolute atomic E-state index is 12.8. The van der Waals surface area contributed by atoms with Crippen molar-refractivity contribution in [2.45, 2.75) is 25.3 Å². The molecule has 32 heavy (non-hydrogen) atoms. The van der Waals surface area contributed by atoms with Crippen LogP contribution in [0.4, 0.5) is 11.4 Å². The fraction of sp³-hybridized carbons (Fsp3) is 0.192. The topological polar surface area (TPSA) is 92.5 Å². The third kappa shape index (κ3) is 4.70. The molecule has 6 heteroatoms. The van der Waals surface area contributed by atoms with Crippen LogP contribution in [-0.4, -0.2) is 30.2 Å². The van der Waals surface area contributed by atoms with Gasteiger partial charge in [-0.15, -0.1) is 0 Å². The largest absolute Gasteiger partial charge is 0.363 e. The SMILES string of the molecule is NC(=O)C(=O)C(Cc1ccccc1)NC(=O)c1ccc(N2CCCc3ccccc32)cc1. The minimum absolute atomic E-state index is 0.191. The van der Waals surface area contributed by atoms with Crippen LogP contribution in [0.25, 0.3) is 0 Å². The second-order valence-electron chi connectivity index (χ2n) is 7.88. The zero-order valence-electron chi connectivity index (χ0n) is 17.7. The first-order chi connectivity index (χ1) is 15.5. The summed E-state index contributed by atoms with van der Waals surface area (Å²) < 4.78 is 0. The van der Waals surface area contributed by atoms with E-state index < -0.39 is 23.6 Å². The maximum atomic E-state index is 12.8. The summed E-state index contributed by atoms with van der Waals surface area (Å²) in [6.07, 6.45) is 2.32.